The quantitative estimate of drug-likeness (QED) is 0.735. The number of para-hydroxylation sites is 1. The lowest BCUT2D eigenvalue weighted by Crippen LogP contribution is -2.31. The van der Waals surface area contributed by atoms with E-state index in [-0.39, 0.29) is 0 Å². The molecule has 0 spiro atoms. The van der Waals surface area contributed by atoms with E-state index in [0.29, 0.717) is 21.7 Å². The van der Waals surface area contributed by atoms with Gasteiger partial charge in [0.2, 0.25) is 5.95 Å². The SMILES string of the molecule is Clc1cccc(Cl)c1Nc1nncc(N2CCc3ccccc3C2)n1. The zero-order chi connectivity index (χ0) is 17.2. The molecule has 2 heterocycles. The maximum Gasteiger partial charge on any atom is 0.249 e. The molecule has 0 saturated heterocycles. The molecule has 0 atom stereocenters. The van der Waals surface area contributed by atoms with Crippen molar-refractivity contribution in [1.82, 2.24) is 15.2 Å². The van der Waals surface area contributed by atoms with Gasteiger partial charge in [0.05, 0.1) is 21.9 Å². The number of fused-ring (bicyclic) bond motifs is 1. The van der Waals surface area contributed by atoms with Gasteiger partial charge in [0.1, 0.15) is 0 Å². The molecule has 4 rings (SSSR count). The fourth-order valence-corrected chi connectivity index (χ4v) is 3.41. The second-order valence-electron chi connectivity index (χ2n) is 5.80. The first-order valence-corrected chi connectivity index (χ1v) is 8.69. The third kappa shape index (κ3) is 3.38. The Labute approximate surface area is 155 Å². The van der Waals surface area contributed by atoms with Crippen molar-refractivity contribution >= 4 is 40.7 Å². The van der Waals surface area contributed by atoms with E-state index in [4.69, 9.17) is 23.2 Å². The van der Waals surface area contributed by atoms with Crippen LogP contribution in [0.1, 0.15) is 11.1 Å². The van der Waals surface area contributed by atoms with Crippen LogP contribution in [0, 0.1) is 0 Å². The van der Waals surface area contributed by atoms with Crippen molar-refractivity contribution in [2.24, 2.45) is 0 Å². The van der Waals surface area contributed by atoms with E-state index in [2.05, 4.69) is 49.7 Å². The molecule has 2 aromatic carbocycles. The highest BCUT2D eigenvalue weighted by atomic mass is 35.5. The van der Waals surface area contributed by atoms with E-state index < -0.39 is 0 Å². The molecule has 1 aliphatic heterocycles. The topological polar surface area (TPSA) is 53.9 Å². The summed E-state index contributed by atoms with van der Waals surface area (Å²) in [5, 5.41) is 12.2. The highest BCUT2D eigenvalue weighted by Gasteiger charge is 2.18. The monoisotopic (exact) mass is 371 g/mol. The molecule has 1 aromatic heterocycles. The number of hydrogen-bond donors (Lipinski definition) is 1. The minimum atomic E-state index is 0.367. The number of benzene rings is 2. The molecule has 1 N–H and O–H groups in total. The number of aromatic nitrogens is 3. The maximum atomic E-state index is 6.19. The van der Waals surface area contributed by atoms with Crippen LogP contribution in [0.15, 0.2) is 48.7 Å². The van der Waals surface area contributed by atoms with Gasteiger partial charge in [0, 0.05) is 13.1 Å². The van der Waals surface area contributed by atoms with Crippen LogP contribution in [0.2, 0.25) is 10.0 Å². The second kappa shape index (κ2) is 6.86. The van der Waals surface area contributed by atoms with E-state index >= 15 is 0 Å². The third-order valence-electron chi connectivity index (χ3n) is 4.20. The Morgan fingerprint density at radius 1 is 0.960 bits per heavy atom. The number of rotatable bonds is 3. The van der Waals surface area contributed by atoms with Gasteiger partial charge in [-0.2, -0.15) is 10.1 Å². The fourth-order valence-electron chi connectivity index (χ4n) is 2.92. The van der Waals surface area contributed by atoms with E-state index in [1.807, 2.05) is 0 Å². The van der Waals surface area contributed by atoms with Crippen LogP contribution in [0.3, 0.4) is 0 Å². The van der Waals surface area contributed by atoms with Crippen LogP contribution in [0.25, 0.3) is 0 Å². The van der Waals surface area contributed by atoms with E-state index in [0.717, 1.165) is 25.3 Å². The molecule has 7 heteroatoms. The molecule has 0 radical (unpaired) electrons. The Bertz CT molecular complexity index is 895. The smallest absolute Gasteiger partial charge is 0.249 e. The molecule has 0 aliphatic carbocycles. The molecule has 0 bridgehead atoms. The van der Waals surface area contributed by atoms with Crippen molar-refractivity contribution < 1.29 is 0 Å². The zero-order valence-electron chi connectivity index (χ0n) is 13.3. The second-order valence-corrected chi connectivity index (χ2v) is 6.61. The van der Waals surface area contributed by atoms with Gasteiger partial charge in [-0.3, -0.25) is 0 Å². The lowest BCUT2D eigenvalue weighted by molar-refractivity contribution is 0.715. The molecule has 3 aromatic rings. The molecule has 0 amide bonds. The van der Waals surface area contributed by atoms with E-state index in [1.165, 1.54) is 11.1 Å². The minimum absolute atomic E-state index is 0.367. The Morgan fingerprint density at radius 3 is 2.52 bits per heavy atom. The van der Waals surface area contributed by atoms with Crippen LogP contribution < -0.4 is 10.2 Å². The minimum Gasteiger partial charge on any atom is -0.350 e. The average Bonchev–Trinajstić information content (AvgIpc) is 2.65. The van der Waals surface area contributed by atoms with Crippen LogP contribution in [0.4, 0.5) is 17.5 Å². The molecule has 25 heavy (non-hydrogen) atoms. The van der Waals surface area contributed by atoms with Crippen molar-refractivity contribution in [3.63, 3.8) is 0 Å². The van der Waals surface area contributed by atoms with Crippen molar-refractivity contribution in [1.29, 1.82) is 0 Å². The maximum absolute atomic E-state index is 6.19. The zero-order valence-corrected chi connectivity index (χ0v) is 14.8. The number of nitrogens with one attached hydrogen (secondary N) is 1. The first-order valence-electron chi connectivity index (χ1n) is 7.93. The number of hydrogen-bond acceptors (Lipinski definition) is 5. The van der Waals surface area contributed by atoms with Crippen molar-refractivity contribution in [3.8, 4) is 0 Å². The predicted molar refractivity (Wildman–Crippen MR) is 101 cm³/mol. The number of anilines is 3. The Kier molecular flexibility index (Phi) is 4.42. The van der Waals surface area contributed by atoms with Gasteiger partial charge >= 0.3 is 0 Å². The Balaban J connectivity index is 1.58. The summed E-state index contributed by atoms with van der Waals surface area (Å²) in [4.78, 5) is 6.76. The van der Waals surface area contributed by atoms with E-state index in [9.17, 15) is 0 Å². The molecular formula is C18H15Cl2N5. The summed E-state index contributed by atoms with van der Waals surface area (Å²) in [5.74, 6) is 1.14. The summed E-state index contributed by atoms with van der Waals surface area (Å²) >= 11 is 12.4. The van der Waals surface area contributed by atoms with Crippen molar-refractivity contribution in [3.05, 3.63) is 69.8 Å². The van der Waals surface area contributed by atoms with E-state index in [1.54, 1.807) is 24.4 Å². The Morgan fingerprint density at radius 2 is 1.72 bits per heavy atom. The molecule has 126 valence electrons. The molecular weight excluding hydrogens is 357 g/mol. The van der Waals surface area contributed by atoms with Gasteiger partial charge in [-0.25, -0.2) is 0 Å². The molecule has 5 nitrogen and oxygen atoms in total. The van der Waals surface area contributed by atoms with Crippen LogP contribution in [-0.2, 0) is 13.0 Å². The highest BCUT2D eigenvalue weighted by molar-refractivity contribution is 6.39. The molecule has 0 fully saturated rings. The number of halogens is 2. The largest absolute Gasteiger partial charge is 0.350 e. The lowest BCUT2D eigenvalue weighted by Gasteiger charge is -2.29. The van der Waals surface area contributed by atoms with Gasteiger partial charge in [0.15, 0.2) is 5.82 Å². The van der Waals surface area contributed by atoms with Gasteiger partial charge in [-0.1, -0.05) is 53.5 Å². The molecule has 0 unspecified atom stereocenters. The van der Waals surface area contributed by atoms with Gasteiger partial charge in [0.25, 0.3) is 0 Å². The summed E-state index contributed by atoms with van der Waals surface area (Å²) < 4.78 is 0. The normalized spacial score (nSPS) is 13.4. The highest BCUT2D eigenvalue weighted by Crippen LogP contribution is 2.32. The van der Waals surface area contributed by atoms with Crippen LogP contribution in [0.5, 0.6) is 0 Å². The van der Waals surface area contributed by atoms with Crippen molar-refractivity contribution in [2.45, 2.75) is 13.0 Å². The Hall–Kier alpha value is -2.37. The molecule has 1 aliphatic rings. The van der Waals surface area contributed by atoms with Crippen molar-refractivity contribution in [2.75, 3.05) is 16.8 Å². The first-order chi connectivity index (χ1) is 12.2. The predicted octanol–water partition coefficient (Wildman–Crippen LogP) is 4.48. The molecule has 0 saturated carbocycles. The average molecular weight is 372 g/mol. The summed E-state index contributed by atoms with van der Waals surface area (Å²) in [6.45, 7) is 1.70. The number of nitrogens with zero attached hydrogens (tertiary/aromatic N) is 4. The summed E-state index contributed by atoms with van der Waals surface area (Å²) in [6, 6.07) is 13.8. The van der Waals surface area contributed by atoms with Gasteiger partial charge in [-0.05, 0) is 29.7 Å². The lowest BCUT2D eigenvalue weighted by atomic mass is 10.0. The van der Waals surface area contributed by atoms with Gasteiger partial charge in [-0.15, -0.1) is 5.10 Å². The summed E-state index contributed by atoms with van der Waals surface area (Å²) in [7, 11) is 0. The third-order valence-corrected chi connectivity index (χ3v) is 4.83. The van der Waals surface area contributed by atoms with Gasteiger partial charge < -0.3 is 10.2 Å². The van der Waals surface area contributed by atoms with Crippen LogP contribution in [-0.4, -0.2) is 21.7 Å². The fraction of sp³-hybridized carbons (Fsp3) is 0.167. The summed E-state index contributed by atoms with van der Waals surface area (Å²) in [6.07, 6.45) is 2.66. The summed E-state index contributed by atoms with van der Waals surface area (Å²) in [5.41, 5.74) is 3.28. The van der Waals surface area contributed by atoms with Crippen LogP contribution >= 0.6 is 23.2 Å². The standard InChI is InChI=1S/C18H15Cl2N5/c19-14-6-3-7-15(20)17(14)23-18-22-16(10-21-24-18)25-9-8-12-4-1-2-5-13(12)11-25/h1-7,10H,8-9,11H2,(H,22,23,24). The first kappa shape index (κ1) is 16.1.